The van der Waals surface area contributed by atoms with Crippen molar-refractivity contribution in [1.82, 2.24) is 10.6 Å². The van der Waals surface area contributed by atoms with Gasteiger partial charge in [-0.1, -0.05) is 0 Å². The Hall–Kier alpha value is -0.880. The van der Waals surface area contributed by atoms with Crippen molar-refractivity contribution in [3.63, 3.8) is 0 Å². The first-order valence-corrected chi connectivity index (χ1v) is 7.61. The van der Waals surface area contributed by atoms with E-state index in [1.165, 1.54) is 0 Å². The molecule has 2 N–H and O–H groups in total. The van der Waals surface area contributed by atoms with E-state index in [-0.39, 0.29) is 23.5 Å². The molecule has 0 aromatic rings. The quantitative estimate of drug-likeness (QED) is 0.675. The Balaban J connectivity index is 1.88. The Bertz CT molecular complexity index is 447. The molecule has 0 aliphatic carbocycles. The van der Waals surface area contributed by atoms with Crippen LogP contribution in [-0.2, 0) is 14.6 Å². The molecule has 17 heavy (non-hydrogen) atoms. The molecule has 2 aliphatic rings. The van der Waals surface area contributed by atoms with E-state index in [2.05, 4.69) is 10.6 Å². The van der Waals surface area contributed by atoms with Crippen molar-refractivity contribution in [1.29, 1.82) is 0 Å². The molecule has 2 saturated heterocycles. The Kier molecular flexibility index (Phi) is 3.53. The topological polar surface area (TPSA) is 75.3 Å². The molecule has 0 spiro atoms. The Morgan fingerprint density at radius 3 is 2.65 bits per heavy atom. The zero-order valence-corrected chi connectivity index (χ0v) is 10.8. The van der Waals surface area contributed by atoms with Crippen LogP contribution in [0.5, 0.6) is 0 Å². The van der Waals surface area contributed by atoms with E-state index in [1.807, 2.05) is 0 Å². The van der Waals surface area contributed by atoms with Crippen LogP contribution in [0.3, 0.4) is 0 Å². The Morgan fingerprint density at radius 1 is 1.47 bits per heavy atom. The van der Waals surface area contributed by atoms with Crippen molar-refractivity contribution in [2.75, 3.05) is 25.4 Å². The second kappa shape index (κ2) is 4.78. The van der Waals surface area contributed by atoms with Crippen molar-refractivity contribution in [3.05, 3.63) is 11.1 Å². The van der Waals surface area contributed by atoms with Crippen molar-refractivity contribution in [3.8, 4) is 0 Å². The number of rotatable bonds is 3. The molecular weight excluding hydrogens is 240 g/mol. The van der Waals surface area contributed by atoms with Gasteiger partial charge in [-0.05, 0) is 25.3 Å². The van der Waals surface area contributed by atoms with Gasteiger partial charge in [-0.15, -0.1) is 0 Å². The zero-order valence-electron chi connectivity index (χ0n) is 9.95. The molecule has 0 bridgehead atoms. The summed E-state index contributed by atoms with van der Waals surface area (Å²) >= 11 is 0. The van der Waals surface area contributed by atoms with Crippen molar-refractivity contribution >= 4 is 15.7 Å². The monoisotopic (exact) mass is 258 g/mol. The molecule has 0 radical (unpaired) electrons. The van der Waals surface area contributed by atoms with Crippen LogP contribution in [0.15, 0.2) is 11.1 Å². The third kappa shape index (κ3) is 2.69. The minimum atomic E-state index is -2.96. The maximum Gasteiger partial charge on any atom is 0.247 e. The van der Waals surface area contributed by atoms with Crippen LogP contribution in [0.4, 0.5) is 0 Å². The van der Waals surface area contributed by atoms with Crippen LogP contribution < -0.4 is 10.6 Å². The van der Waals surface area contributed by atoms with Crippen molar-refractivity contribution in [2.24, 2.45) is 0 Å². The van der Waals surface area contributed by atoms with Gasteiger partial charge in [-0.2, -0.15) is 0 Å². The lowest BCUT2D eigenvalue weighted by Gasteiger charge is -2.21. The molecule has 6 heteroatoms. The summed E-state index contributed by atoms with van der Waals surface area (Å²) in [5, 5.41) is 5.41. The molecule has 2 heterocycles. The van der Waals surface area contributed by atoms with Crippen molar-refractivity contribution < 1.29 is 13.2 Å². The molecule has 2 fully saturated rings. The van der Waals surface area contributed by atoms with E-state index >= 15 is 0 Å². The number of hydrogen-bond acceptors (Lipinski definition) is 4. The van der Waals surface area contributed by atoms with Gasteiger partial charge in [0.05, 0.1) is 11.0 Å². The van der Waals surface area contributed by atoms with E-state index in [0.29, 0.717) is 12.8 Å². The van der Waals surface area contributed by atoms with Gasteiger partial charge in [0.25, 0.3) is 0 Å². The predicted molar refractivity (Wildman–Crippen MR) is 65.4 cm³/mol. The third-order valence-electron chi connectivity index (χ3n) is 3.50. The van der Waals surface area contributed by atoms with Crippen LogP contribution in [0.1, 0.15) is 19.8 Å². The van der Waals surface area contributed by atoms with Gasteiger partial charge in [0.1, 0.15) is 0 Å². The summed E-state index contributed by atoms with van der Waals surface area (Å²) in [6, 6.07) is 0. The fraction of sp³-hybridized carbons (Fsp3) is 0.727. The lowest BCUT2D eigenvalue weighted by Crippen LogP contribution is -2.39. The van der Waals surface area contributed by atoms with Crippen LogP contribution in [0, 0.1) is 0 Å². The first-order valence-electron chi connectivity index (χ1n) is 5.90. The number of sulfone groups is 1. The summed E-state index contributed by atoms with van der Waals surface area (Å²) < 4.78 is 23.1. The second-order valence-corrected chi connectivity index (χ2v) is 7.07. The number of carbonyl (C=O) groups is 1. The van der Waals surface area contributed by atoms with Gasteiger partial charge in [-0.3, -0.25) is 4.79 Å². The summed E-state index contributed by atoms with van der Waals surface area (Å²) in [7, 11) is -2.96. The minimum Gasteiger partial charge on any atom is -0.351 e. The fourth-order valence-corrected chi connectivity index (χ4v) is 3.87. The minimum absolute atomic E-state index is 0.136. The van der Waals surface area contributed by atoms with Gasteiger partial charge in [0.15, 0.2) is 9.84 Å². The summed E-state index contributed by atoms with van der Waals surface area (Å²) in [5.74, 6) is 0.126. The summed E-state index contributed by atoms with van der Waals surface area (Å²) in [4.78, 5) is 11.8. The molecule has 1 amide bonds. The highest BCUT2D eigenvalue weighted by atomic mass is 32.2. The van der Waals surface area contributed by atoms with E-state index in [4.69, 9.17) is 0 Å². The molecule has 2 aliphatic heterocycles. The molecule has 1 atom stereocenters. The molecule has 5 nitrogen and oxygen atoms in total. The van der Waals surface area contributed by atoms with E-state index in [1.54, 1.807) is 6.92 Å². The van der Waals surface area contributed by atoms with E-state index in [9.17, 15) is 13.2 Å². The van der Waals surface area contributed by atoms with Crippen molar-refractivity contribution in [2.45, 2.75) is 25.0 Å². The molecule has 1 unspecified atom stereocenters. The largest absolute Gasteiger partial charge is 0.351 e. The third-order valence-corrected chi connectivity index (χ3v) is 5.78. The second-order valence-electron chi connectivity index (χ2n) is 4.67. The smallest absolute Gasteiger partial charge is 0.247 e. The average molecular weight is 258 g/mol. The molecule has 0 saturated carbocycles. The highest BCUT2D eigenvalue weighted by Gasteiger charge is 2.31. The number of carbonyl (C=O) groups excluding carboxylic acids is 1. The van der Waals surface area contributed by atoms with Gasteiger partial charge in [0, 0.05) is 25.2 Å². The molecular formula is C11H18N2O3S. The SMILES string of the molecule is CC(C(=O)NCC1CCCS1(=O)=O)=C1CNC1. The zero-order chi connectivity index (χ0) is 12.5. The van der Waals surface area contributed by atoms with Crippen LogP contribution in [0.2, 0.25) is 0 Å². The van der Waals surface area contributed by atoms with Gasteiger partial charge in [-0.25, -0.2) is 8.42 Å². The normalized spacial score (nSPS) is 26.4. The number of hydrogen-bond donors (Lipinski definition) is 2. The lowest BCUT2D eigenvalue weighted by atomic mass is 10.0. The predicted octanol–water partition coefficient (Wildman–Crippen LogP) is -0.400. The molecule has 0 aromatic carbocycles. The van der Waals surface area contributed by atoms with Gasteiger partial charge in [0.2, 0.25) is 5.91 Å². The molecule has 2 rings (SSSR count). The Labute approximate surface area is 102 Å². The van der Waals surface area contributed by atoms with E-state index in [0.717, 1.165) is 24.2 Å². The van der Waals surface area contributed by atoms with Crippen LogP contribution in [-0.4, -0.2) is 45.0 Å². The highest BCUT2D eigenvalue weighted by molar-refractivity contribution is 7.92. The van der Waals surface area contributed by atoms with Gasteiger partial charge >= 0.3 is 0 Å². The maximum absolute atomic E-state index is 11.8. The fourth-order valence-electron chi connectivity index (χ4n) is 2.10. The molecule has 0 aromatic heterocycles. The summed E-state index contributed by atoms with van der Waals surface area (Å²) in [6.07, 6.45) is 1.38. The first kappa shape index (κ1) is 12.6. The lowest BCUT2D eigenvalue weighted by molar-refractivity contribution is -0.117. The number of nitrogens with one attached hydrogen (secondary N) is 2. The first-order chi connectivity index (χ1) is 8.00. The standard InChI is InChI=1S/C11H18N2O3S/c1-8(9-5-12-6-9)11(14)13-7-10-3-2-4-17(10,15)16/h10,12H,2-7H2,1H3,(H,13,14). The Morgan fingerprint density at radius 2 is 2.18 bits per heavy atom. The van der Waals surface area contributed by atoms with Crippen LogP contribution in [0.25, 0.3) is 0 Å². The van der Waals surface area contributed by atoms with Gasteiger partial charge < -0.3 is 10.6 Å². The average Bonchev–Trinajstić information content (AvgIpc) is 2.51. The summed E-state index contributed by atoms with van der Waals surface area (Å²) in [6.45, 7) is 3.57. The number of amides is 1. The highest BCUT2D eigenvalue weighted by Crippen LogP contribution is 2.19. The van der Waals surface area contributed by atoms with Crippen LogP contribution >= 0.6 is 0 Å². The van der Waals surface area contributed by atoms with E-state index < -0.39 is 9.84 Å². The maximum atomic E-state index is 11.8. The summed E-state index contributed by atoms with van der Waals surface area (Å²) in [5.41, 5.74) is 1.83. The molecule has 96 valence electrons.